The molecule has 2 atom stereocenters. The second-order valence-corrected chi connectivity index (χ2v) is 10.5. The maximum absolute atomic E-state index is 12.7. The Balaban J connectivity index is 1.61. The lowest BCUT2D eigenvalue weighted by molar-refractivity contribution is -0.131. The number of carboxylic acid groups (broad SMARTS) is 1. The standard InChI is InChI=1S/C27H29N7O4S/c1-2-18-19(14-28)24(32-25(20(18)15-29)39-22(23(30)35)16-6-4-3-5-7-16)33-11-8-17(9-12-33)34-13-10-21(26(34)36)31-27(37)38/h3-7,17,21-22,31H,2,8-13H2,1H3,(H2,30,35)(H,37,38). The van der Waals surface area contributed by atoms with Gasteiger partial charge in [-0.15, -0.1) is 0 Å². The summed E-state index contributed by atoms with van der Waals surface area (Å²) in [6.07, 6.45) is 0.890. The Morgan fingerprint density at radius 1 is 1.15 bits per heavy atom. The maximum Gasteiger partial charge on any atom is 0.405 e. The molecule has 12 heteroatoms. The van der Waals surface area contributed by atoms with E-state index >= 15 is 0 Å². The number of hydrogen-bond donors (Lipinski definition) is 3. The number of likely N-dealkylation sites (tertiary alicyclic amines) is 1. The van der Waals surface area contributed by atoms with Gasteiger partial charge in [0.15, 0.2) is 0 Å². The predicted molar refractivity (Wildman–Crippen MR) is 144 cm³/mol. The van der Waals surface area contributed by atoms with E-state index in [4.69, 9.17) is 15.8 Å². The summed E-state index contributed by atoms with van der Waals surface area (Å²) in [5, 5.41) is 30.9. The molecule has 1 aromatic heterocycles. The van der Waals surface area contributed by atoms with Crippen molar-refractivity contribution in [2.45, 2.75) is 55.0 Å². The van der Waals surface area contributed by atoms with Crippen molar-refractivity contribution >= 4 is 35.5 Å². The molecule has 202 valence electrons. The Morgan fingerprint density at radius 3 is 2.38 bits per heavy atom. The lowest BCUT2D eigenvalue weighted by atomic mass is 9.99. The van der Waals surface area contributed by atoms with Crippen molar-refractivity contribution in [3.8, 4) is 12.1 Å². The zero-order chi connectivity index (χ0) is 28.1. The van der Waals surface area contributed by atoms with Crippen molar-refractivity contribution in [1.29, 1.82) is 10.5 Å². The fraction of sp³-hybridized carbons (Fsp3) is 0.407. The molecule has 2 fully saturated rings. The van der Waals surface area contributed by atoms with E-state index in [0.29, 0.717) is 72.9 Å². The normalized spacial score (nSPS) is 18.3. The molecule has 2 aliphatic heterocycles. The van der Waals surface area contributed by atoms with E-state index < -0.39 is 23.3 Å². The smallest absolute Gasteiger partial charge is 0.405 e. The predicted octanol–water partition coefficient (Wildman–Crippen LogP) is 2.54. The molecule has 3 amide bonds. The Labute approximate surface area is 230 Å². The quantitative estimate of drug-likeness (QED) is 0.419. The van der Waals surface area contributed by atoms with Gasteiger partial charge in [0.1, 0.15) is 34.3 Å². The van der Waals surface area contributed by atoms with Gasteiger partial charge in [0.05, 0.1) is 11.1 Å². The number of carbonyl (C=O) groups is 3. The van der Waals surface area contributed by atoms with Gasteiger partial charge in [-0.05, 0) is 36.8 Å². The Hall–Kier alpha value is -4.29. The molecule has 2 saturated heterocycles. The first kappa shape index (κ1) is 27.7. The summed E-state index contributed by atoms with van der Waals surface area (Å²) in [5.74, 6) is -0.327. The summed E-state index contributed by atoms with van der Waals surface area (Å²) >= 11 is 1.10. The van der Waals surface area contributed by atoms with Gasteiger partial charge >= 0.3 is 6.09 Å². The summed E-state index contributed by atoms with van der Waals surface area (Å²) in [6, 6.07) is 12.7. The molecule has 4 rings (SSSR count). The molecule has 39 heavy (non-hydrogen) atoms. The van der Waals surface area contributed by atoms with Crippen LogP contribution in [-0.2, 0) is 16.0 Å². The number of thioether (sulfide) groups is 1. The summed E-state index contributed by atoms with van der Waals surface area (Å²) in [6.45, 7) is 3.39. The monoisotopic (exact) mass is 547 g/mol. The van der Waals surface area contributed by atoms with Crippen LogP contribution in [0.25, 0.3) is 0 Å². The third-order valence-corrected chi connectivity index (χ3v) is 8.42. The molecule has 3 heterocycles. The van der Waals surface area contributed by atoms with Crippen molar-refractivity contribution in [3.05, 3.63) is 52.6 Å². The Kier molecular flexibility index (Phi) is 8.57. The van der Waals surface area contributed by atoms with E-state index in [1.807, 2.05) is 17.9 Å². The van der Waals surface area contributed by atoms with Gasteiger partial charge in [0.2, 0.25) is 11.8 Å². The summed E-state index contributed by atoms with van der Waals surface area (Å²) in [5.41, 5.74) is 7.59. The number of amides is 3. The minimum Gasteiger partial charge on any atom is -0.465 e. The largest absolute Gasteiger partial charge is 0.465 e. The van der Waals surface area contributed by atoms with Gasteiger partial charge in [-0.3, -0.25) is 9.59 Å². The molecule has 0 spiro atoms. The zero-order valence-electron chi connectivity index (χ0n) is 21.5. The molecule has 0 radical (unpaired) electrons. The summed E-state index contributed by atoms with van der Waals surface area (Å²) < 4.78 is 0. The molecule has 2 aromatic rings. The molecule has 2 unspecified atom stereocenters. The minimum absolute atomic E-state index is 0.0462. The van der Waals surface area contributed by atoms with Crippen molar-refractivity contribution in [2.75, 3.05) is 24.5 Å². The molecular weight excluding hydrogens is 518 g/mol. The highest BCUT2D eigenvalue weighted by Crippen LogP contribution is 2.40. The number of benzene rings is 1. The highest BCUT2D eigenvalue weighted by Gasteiger charge is 2.38. The van der Waals surface area contributed by atoms with Crippen molar-refractivity contribution in [2.24, 2.45) is 5.73 Å². The summed E-state index contributed by atoms with van der Waals surface area (Å²) in [7, 11) is 0. The van der Waals surface area contributed by atoms with Crippen LogP contribution in [0.4, 0.5) is 10.6 Å². The van der Waals surface area contributed by atoms with Crippen LogP contribution < -0.4 is 16.0 Å². The number of nitrogens with two attached hydrogens (primary N) is 1. The third-order valence-electron chi connectivity index (χ3n) is 7.16. The third kappa shape index (κ3) is 5.76. The molecule has 0 bridgehead atoms. The zero-order valence-corrected chi connectivity index (χ0v) is 22.3. The van der Waals surface area contributed by atoms with E-state index in [1.54, 1.807) is 29.2 Å². The summed E-state index contributed by atoms with van der Waals surface area (Å²) in [4.78, 5) is 44.6. The molecule has 0 aliphatic carbocycles. The maximum atomic E-state index is 12.7. The number of anilines is 1. The average molecular weight is 548 g/mol. The first-order valence-corrected chi connectivity index (χ1v) is 13.6. The fourth-order valence-corrected chi connectivity index (χ4v) is 6.32. The SMILES string of the molecule is CCc1c(C#N)c(SC(C(N)=O)c2ccccc2)nc(N2CCC(N3CCC(NC(=O)O)C3=O)CC2)c1C#N. The topological polar surface area (TPSA) is 176 Å². The second-order valence-electron chi connectivity index (χ2n) is 9.40. The highest BCUT2D eigenvalue weighted by molar-refractivity contribution is 8.00. The first-order valence-electron chi connectivity index (χ1n) is 12.7. The molecule has 11 nitrogen and oxygen atoms in total. The molecule has 1 aromatic carbocycles. The number of nitrogens with one attached hydrogen (secondary N) is 1. The second kappa shape index (κ2) is 12.0. The lowest BCUT2D eigenvalue weighted by Crippen LogP contribution is -2.48. The van der Waals surface area contributed by atoms with E-state index in [1.165, 1.54) is 0 Å². The van der Waals surface area contributed by atoms with Crippen LogP contribution in [0.2, 0.25) is 0 Å². The van der Waals surface area contributed by atoms with Crippen LogP contribution >= 0.6 is 11.8 Å². The molecule has 0 saturated carbocycles. The Bertz CT molecular complexity index is 1350. The van der Waals surface area contributed by atoms with Gasteiger partial charge in [-0.2, -0.15) is 10.5 Å². The number of aromatic nitrogens is 1. The van der Waals surface area contributed by atoms with Gasteiger partial charge in [-0.1, -0.05) is 49.0 Å². The van der Waals surface area contributed by atoms with E-state index in [9.17, 15) is 24.9 Å². The number of rotatable bonds is 8. The number of carbonyl (C=O) groups excluding carboxylic acids is 2. The number of nitriles is 2. The molecule has 2 aliphatic rings. The van der Waals surface area contributed by atoms with Crippen LogP contribution in [0.3, 0.4) is 0 Å². The van der Waals surface area contributed by atoms with Crippen molar-refractivity contribution in [3.63, 3.8) is 0 Å². The van der Waals surface area contributed by atoms with Gasteiger partial charge in [0.25, 0.3) is 0 Å². The number of pyridine rings is 1. The molecular formula is C27H29N7O4S. The number of nitrogens with zero attached hydrogens (tertiary/aromatic N) is 5. The van der Waals surface area contributed by atoms with E-state index in [-0.39, 0.29) is 17.5 Å². The van der Waals surface area contributed by atoms with Crippen LogP contribution in [-0.4, -0.2) is 64.6 Å². The minimum atomic E-state index is -1.22. The number of piperidine rings is 1. The lowest BCUT2D eigenvalue weighted by Gasteiger charge is -2.38. The van der Waals surface area contributed by atoms with Crippen LogP contribution in [0.1, 0.15) is 53.7 Å². The molecule has 4 N–H and O–H groups in total. The average Bonchev–Trinajstić information content (AvgIpc) is 3.29. The van der Waals surface area contributed by atoms with E-state index in [2.05, 4.69) is 17.5 Å². The number of hydrogen-bond acceptors (Lipinski definition) is 8. The first-order chi connectivity index (χ1) is 18.8. The van der Waals surface area contributed by atoms with Gasteiger partial charge in [-0.25, -0.2) is 9.78 Å². The van der Waals surface area contributed by atoms with Gasteiger partial charge < -0.3 is 26.0 Å². The van der Waals surface area contributed by atoms with Crippen molar-refractivity contribution < 1.29 is 19.5 Å². The van der Waals surface area contributed by atoms with Crippen LogP contribution in [0, 0.1) is 22.7 Å². The van der Waals surface area contributed by atoms with Gasteiger partial charge in [0, 0.05) is 25.7 Å². The Morgan fingerprint density at radius 2 is 1.82 bits per heavy atom. The fourth-order valence-electron chi connectivity index (χ4n) is 5.26. The van der Waals surface area contributed by atoms with Crippen molar-refractivity contribution in [1.82, 2.24) is 15.2 Å². The van der Waals surface area contributed by atoms with Crippen LogP contribution in [0.15, 0.2) is 35.4 Å². The van der Waals surface area contributed by atoms with Crippen LogP contribution in [0.5, 0.6) is 0 Å². The van der Waals surface area contributed by atoms with E-state index in [0.717, 1.165) is 11.8 Å². The number of primary amides is 1. The highest BCUT2D eigenvalue weighted by atomic mass is 32.2.